The normalized spacial score (nSPS) is 11.9. The molecule has 0 radical (unpaired) electrons. The van der Waals surface area contributed by atoms with Gasteiger partial charge in [-0.1, -0.05) is 38.1 Å². The molecule has 4 rings (SSSR count). The molecule has 2 aromatic heterocycles. The predicted octanol–water partition coefficient (Wildman–Crippen LogP) is 4.26. The minimum absolute atomic E-state index is 0.0921. The average Bonchev–Trinajstić information content (AvgIpc) is 3.15. The van der Waals surface area contributed by atoms with Crippen molar-refractivity contribution >= 4 is 11.0 Å². The lowest BCUT2D eigenvalue weighted by molar-refractivity contribution is 0.432. The van der Waals surface area contributed by atoms with E-state index in [2.05, 4.69) is 48.0 Å². The lowest BCUT2D eigenvalue weighted by Gasteiger charge is -2.18. The summed E-state index contributed by atoms with van der Waals surface area (Å²) in [5.41, 5.74) is 4.86. The van der Waals surface area contributed by atoms with Crippen LogP contribution >= 0.6 is 0 Å². The van der Waals surface area contributed by atoms with Crippen molar-refractivity contribution in [3.05, 3.63) is 64.1 Å². The van der Waals surface area contributed by atoms with Crippen LogP contribution in [0.3, 0.4) is 0 Å². The molecule has 0 saturated carbocycles. The Kier molecular flexibility index (Phi) is 4.14. The molecule has 2 heterocycles. The van der Waals surface area contributed by atoms with E-state index in [0.29, 0.717) is 17.4 Å². The molecular formula is C22H22N4O2. The maximum absolute atomic E-state index is 12.0. The largest absolute Gasteiger partial charge is 0.334 e. The number of aryl methyl sites for hydroxylation is 2. The van der Waals surface area contributed by atoms with Gasteiger partial charge in [0.2, 0.25) is 5.82 Å². The van der Waals surface area contributed by atoms with Gasteiger partial charge in [-0.3, -0.25) is 4.79 Å². The molecule has 0 unspecified atom stereocenters. The van der Waals surface area contributed by atoms with Crippen molar-refractivity contribution < 1.29 is 4.52 Å². The Labute approximate surface area is 162 Å². The monoisotopic (exact) mass is 374 g/mol. The Morgan fingerprint density at radius 1 is 0.964 bits per heavy atom. The third kappa shape index (κ3) is 3.11. The van der Waals surface area contributed by atoms with E-state index >= 15 is 0 Å². The zero-order valence-corrected chi connectivity index (χ0v) is 16.6. The van der Waals surface area contributed by atoms with Crippen LogP contribution in [0.25, 0.3) is 33.9 Å². The smallest absolute Gasteiger partial charge is 0.272 e. The standard InChI is InChI=1S/C22H22N4O2/c1-13-21(27)26(5)18-11-8-15(12-17(18)23-13)19-24-20(28-25-19)14-6-9-16(10-7-14)22(2,3)4/h6-12H,1-5H3. The van der Waals surface area contributed by atoms with E-state index in [1.165, 1.54) is 5.56 Å². The third-order valence-corrected chi connectivity index (χ3v) is 4.92. The zero-order valence-electron chi connectivity index (χ0n) is 16.6. The second kappa shape index (κ2) is 6.41. The fraction of sp³-hybridized carbons (Fsp3) is 0.273. The Morgan fingerprint density at radius 3 is 2.32 bits per heavy atom. The van der Waals surface area contributed by atoms with Gasteiger partial charge in [-0.15, -0.1) is 0 Å². The fourth-order valence-corrected chi connectivity index (χ4v) is 3.19. The molecule has 0 aliphatic heterocycles. The summed E-state index contributed by atoms with van der Waals surface area (Å²) in [6.07, 6.45) is 0. The van der Waals surface area contributed by atoms with Gasteiger partial charge < -0.3 is 9.09 Å². The van der Waals surface area contributed by atoms with Crippen molar-refractivity contribution in [2.24, 2.45) is 7.05 Å². The molecule has 0 aliphatic carbocycles. The Balaban J connectivity index is 1.71. The second-order valence-corrected chi connectivity index (χ2v) is 8.02. The van der Waals surface area contributed by atoms with Crippen LogP contribution in [-0.2, 0) is 12.5 Å². The fourth-order valence-electron chi connectivity index (χ4n) is 3.19. The van der Waals surface area contributed by atoms with Gasteiger partial charge in [0.1, 0.15) is 5.69 Å². The van der Waals surface area contributed by atoms with Crippen molar-refractivity contribution in [1.29, 1.82) is 0 Å². The van der Waals surface area contributed by atoms with Crippen LogP contribution in [0.2, 0.25) is 0 Å². The summed E-state index contributed by atoms with van der Waals surface area (Å²) in [4.78, 5) is 21.0. The predicted molar refractivity (Wildman–Crippen MR) is 109 cm³/mol. The van der Waals surface area contributed by atoms with E-state index in [1.54, 1.807) is 18.5 Å². The van der Waals surface area contributed by atoms with Crippen LogP contribution in [0.15, 0.2) is 51.8 Å². The summed E-state index contributed by atoms with van der Waals surface area (Å²) in [6.45, 7) is 8.25. The van der Waals surface area contributed by atoms with Crippen LogP contribution in [0.4, 0.5) is 0 Å². The number of nitrogens with zero attached hydrogens (tertiary/aromatic N) is 4. The van der Waals surface area contributed by atoms with Gasteiger partial charge in [0.25, 0.3) is 11.4 Å². The Hall–Kier alpha value is -3.28. The average molecular weight is 374 g/mol. The molecule has 0 saturated heterocycles. The SMILES string of the molecule is Cc1nc2cc(-c3noc(-c4ccc(C(C)(C)C)cc4)n3)ccc2n(C)c1=O. The topological polar surface area (TPSA) is 73.8 Å². The van der Waals surface area contributed by atoms with E-state index in [0.717, 1.165) is 22.2 Å². The molecule has 6 heteroatoms. The molecule has 4 aromatic rings. The van der Waals surface area contributed by atoms with E-state index in [1.807, 2.05) is 30.3 Å². The van der Waals surface area contributed by atoms with Crippen LogP contribution < -0.4 is 5.56 Å². The molecule has 0 atom stereocenters. The second-order valence-electron chi connectivity index (χ2n) is 8.02. The number of hydrogen-bond donors (Lipinski definition) is 0. The van der Waals surface area contributed by atoms with Gasteiger partial charge in [-0.2, -0.15) is 4.98 Å². The van der Waals surface area contributed by atoms with Crippen LogP contribution in [-0.4, -0.2) is 19.7 Å². The number of rotatable bonds is 2. The van der Waals surface area contributed by atoms with E-state index in [4.69, 9.17) is 4.52 Å². The molecule has 2 aromatic carbocycles. The summed E-state index contributed by atoms with van der Waals surface area (Å²) in [6, 6.07) is 13.8. The van der Waals surface area contributed by atoms with Gasteiger partial charge in [0, 0.05) is 18.2 Å². The van der Waals surface area contributed by atoms with Crippen molar-refractivity contribution in [2.75, 3.05) is 0 Å². The maximum atomic E-state index is 12.0. The van der Waals surface area contributed by atoms with Gasteiger partial charge in [-0.25, -0.2) is 4.98 Å². The lowest BCUT2D eigenvalue weighted by atomic mass is 9.87. The van der Waals surface area contributed by atoms with Gasteiger partial charge in [0.15, 0.2) is 0 Å². The molecule has 6 nitrogen and oxygen atoms in total. The minimum Gasteiger partial charge on any atom is -0.334 e. The number of hydrogen-bond acceptors (Lipinski definition) is 5. The number of fused-ring (bicyclic) bond motifs is 1. The molecule has 0 bridgehead atoms. The van der Waals surface area contributed by atoms with Crippen molar-refractivity contribution in [3.8, 4) is 22.8 Å². The third-order valence-electron chi connectivity index (χ3n) is 4.92. The van der Waals surface area contributed by atoms with Crippen LogP contribution in [0.5, 0.6) is 0 Å². The highest BCUT2D eigenvalue weighted by atomic mass is 16.5. The lowest BCUT2D eigenvalue weighted by Crippen LogP contribution is -2.20. The first kappa shape index (κ1) is 18.1. The van der Waals surface area contributed by atoms with Crippen molar-refractivity contribution in [1.82, 2.24) is 19.7 Å². The highest BCUT2D eigenvalue weighted by Gasteiger charge is 2.16. The Bertz CT molecular complexity index is 1230. The van der Waals surface area contributed by atoms with Gasteiger partial charge >= 0.3 is 0 Å². The van der Waals surface area contributed by atoms with E-state index < -0.39 is 0 Å². The zero-order chi connectivity index (χ0) is 20.1. The molecule has 0 spiro atoms. The summed E-state index contributed by atoms with van der Waals surface area (Å²) in [7, 11) is 1.74. The number of aromatic nitrogens is 4. The molecule has 0 amide bonds. The minimum atomic E-state index is -0.0965. The van der Waals surface area contributed by atoms with Crippen LogP contribution in [0, 0.1) is 6.92 Å². The molecule has 0 N–H and O–H groups in total. The van der Waals surface area contributed by atoms with E-state index in [-0.39, 0.29) is 11.0 Å². The molecule has 142 valence electrons. The Morgan fingerprint density at radius 2 is 1.64 bits per heavy atom. The summed E-state index contributed by atoms with van der Waals surface area (Å²) in [5, 5.41) is 4.12. The summed E-state index contributed by atoms with van der Waals surface area (Å²) >= 11 is 0. The first-order valence-corrected chi connectivity index (χ1v) is 9.16. The van der Waals surface area contributed by atoms with E-state index in [9.17, 15) is 4.79 Å². The van der Waals surface area contributed by atoms with Gasteiger partial charge in [0.05, 0.1) is 11.0 Å². The van der Waals surface area contributed by atoms with Crippen LogP contribution in [0.1, 0.15) is 32.0 Å². The first-order valence-electron chi connectivity index (χ1n) is 9.16. The number of benzene rings is 2. The molecule has 0 aliphatic rings. The van der Waals surface area contributed by atoms with Crippen molar-refractivity contribution in [2.45, 2.75) is 33.1 Å². The molecule has 28 heavy (non-hydrogen) atoms. The molecule has 0 fully saturated rings. The highest BCUT2D eigenvalue weighted by molar-refractivity contribution is 5.80. The highest BCUT2D eigenvalue weighted by Crippen LogP contribution is 2.27. The van der Waals surface area contributed by atoms with Crippen molar-refractivity contribution in [3.63, 3.8) is 0 Å². The first-order chi connectivity index (χ1) is 13.2. The quantitative estimate of drug-likeness (QED) is 0.524. The summed E-state index contributed by atoms with van der Waals surface area (Å²) in [5.74, 6) is 0.963. The van der Waals surface area contributed by atoms with Gasteiger partial charge in [-0.05, 0) is 48.2 Å². The summed E-state index contributed by atoms with van der Waals surface area (Å²) < 4.78 is 7.07. The maximum Gasteiger partial charge on any atom is 0.272 e. The molecular weight excluding hydrogens is 352 g/mol.